The molecule has 0 bridgehead atoms. The number of pyridine rings is 1. The van der Waals surface area contributed by atoms with Crippen LogP contribution in [0.15, 0.2) is 59.7 Å². The first-order chi connectivity index (χ1) is 13.1. The smallest absolute Gasteiger partial charge is 0.258 e. The number of nitrogens with one attached hydrogen (secondary N) is 1. The summed E-state index contributed by atoms with van der Waals surface area (Å²) in [7, 11) is 0. The second-order valence-electron chi connectivity index (χ2n) is 6.12. The SMILES string of the molecule is Cc1nn2c(O)c(CCOc3ccccc3)c(=O)[nH]c2c1-c1ccncc1. The lowest BCUT2D eigenvalue weighted by Crippen LogP contribution is -2.18. The zero-order chi connectivity index (χ0) is 18.8. The minimum Gasteiger partial charge on any atom is -0.493 e. The van der Waals surface area contributed by atoms with Gasteiger partial charge in [0.1, 0.15) is 11.4 Å². The summed E-state index contributed by atoms with van der Waals surface area (Å²) >= 11 is 0. The Morgan fingerprint density at radius 1 is 1.15 bits per heavy atom. The van der Waals surface area contributed by atoms with Crippen molar-refractivity contribution in [3.05, 3.63) is 76.5 Å². The monoisotopic (exact) mass is 362 g/mol. The predicted molar refractivity (Wildman–Crippen MR) is 101 cm³/mol. The van der Waals surface area contributed by atoms with E-state index in [1.54, 1.807) is 12.4 Å². The number of para-hydroxylation sites is 1. The number of aromatic hydroxyl groups is 1. The molecule has 0 unspecified atom stereocenters. The number of H-pyrrole nitrogens is 1. The van der Waals surface area contributed by atoms with Crippen molar-refractivity contribution in [1.82, 2.24) is 19.6 Å². The molecule has 0 aliphatic carbocycles. The van der Waals surface area contributed by atoms with Crippen LogP contribution in [0.25, 0.3) is 16.8 Å². The molecule has 0 spiro atoms. The molecule has 136 valence electrons. The van der Waals surface area contributed by atoms with Gasteiger partial charge in [-0.05, 0) is 36.8 Å². The van der Waals surface area contributed by atoms with Crippen LogP contribution in [0.1, 0.15) is 11.3 Å². The van der Waals surface area contributed by atoms with Crippen LogP contribution in [-0.4, -0.2) is 31.3 Å². The molecule has 0 radical (unpaired) electrons. The zero-order valence-electron chi connectivity index (χ0n) is 14.7. The second-order valence-corrected chi connectivity index (χ2v) is 6.12. The Morgan fingerprint density at radius 3 is 2.63 bits per heavy atom. The Balaban J connectivity index is 1.69. The summed E-state index contributed by atoms with van der Waals surface area (Å²) in [6, 6.07) is 13.0. The largest absolute Gasteiger partial charge is 0.493 e. The van der Waals surface area contributed by atoms with Crippen molar-refractivity contribution in [2.75, 3.05) is 6.61 Å². The van der Waals surface area contributed by atoms with E-state index >= 15 is 0 Å². The molecule has 7 nitrogen and oxygen atoms in total. The summed E-state index contributed by atoms with van der Waals surface area (Å²) in [6.07, 6.45) is 3.60. The molecule has 3 aromatic heterocycles. The molecular formula is C20H18N4O3. The molecule has 0 saturated carbocycles. The van der Waals surface area contributed by atoms with Crippen molar-refractivity contribution >= 4 is 5.65 Å². The first-order valence-electron chi connectivity index (χ1n) is 8.57. The molecule has 1 aromatic carbocycles. The first kappa shape index (κ1) is 16.8. The second kappa shape index (κ2) is 6.95. The average molecular weight is 362 g/mol. The number of nitrogens with zero attached hydrogens (tertiary/aromatic N) is 3. The van der Waals surface area contributed by atoms with Gasteiger partial charge in [0.2, 0.25) is 5.88 Å². The number of hydrogen-bond donors (Lipinski definition) is 2. The maximum Gasteiger partial charge on any atom is 0.258 e. The van der Waals surface area contributed by atoms with Gasteiger partial charge in [0.05, 0.1) is 17.9 Å². The molecular weight excluding hydrogens is 344 g/mol. The third kappa shape index (κ3) is 3.15. The van der Waals surface area contributed by atoms with Crippen LogP contribution in [0.3, 0.4) is 0 Å². The van der Waals surface area contributed by atoms with E-state index in [2.05, 4.69) is 15.1 Å². The van der Waals surface area contributed by atoms with E-state index in [1.807, 2.05) is 49.4 Å². The van der Waals surface area contributed by atoms with Crippen LogP contribution in [0.2, 0.25) is 0 Å². The number of aromatic amines is 1. The lowest BCUT2D eigenvalue weighted by molar-refractivity contribution is 0.317. The Hall–Kier alpha value is -3.61. The van der Waals surface area contributed by atoms with Crippen molar-refractivity contribution < 1.29 is 9.84 Å². The topological polar surface area (TPSA) is 92.5 Å². The molecule has 4 rings (SSSR count). The highest BCUT2D eigenvalue weighted by Gasteiger charge is 2.19. The fourth-order valence-electron chi connectivity index (χ4n) is 3.09. The van der Waals surface area contributed by atoms with E-state index < -0.39 is 0 Å². The van der Waals surface area contributed by atoms with Gasteiger partial charge in [-0.2, -0.15) is 9.61 Å². The minimum absolute atomic E-state index is 0.172. The van der Waals surface area contributed by atoms with Gasteiger partial charge in [-0.15, -0.1) is 0 Å². The van der Waals surface area contributed by atoms with Crippen molar-refractivity contribution in [2.45, 2.75) is 13.3 Å². The Labute approximate surface area is 154 Å². The van der Waals surface area contributed by atoms with Crippen LogP contribution in [0.4, 0.5) is 0 Å². The predicted octanol–water partition coefficient (Wildman–Crippen LogP) is 2.72. The Bertz CT molecular complexity index is 1130. The molecule has 27 heavy (non-hydrogen) atoms. The highest BCUT2D eigenvalue weighted by Crippen LogP contribution is 2.28. The molecule has 0 aliphatic heterocycles. The average Bonchev–Trinajstić information content (AvgIpc) is 3.02. The standard InChI is InChI=1S/C20H18N4O3/c1-13-17(14-7-10-21-11-8-14)18-22-19(25)16(20(26)24(18)23-13)9-12-27-15-5-3-2-4-6-15/h2-8,10-11,26H,9,12H2,1H3,(H,22,25). The van der Waals surface area contributed by atoms with Gasteiger partial charge in [-0.1, -0.05) is 18.2 Å². The summed E-state index contributed by atoms with van der Waals surface area (Å²) in [4.78, 5) is 19.4. The molecule has 0 saturated heterocycles. The molecule has 3 heterocycles. The van der Waals surface area contributed by atoms with Crippen LogP contribution >= 0.6 is 0 Å². The van der Waals surface area contributed by atoms with Gasteiger partial charge in [0, 0.05) is 24.4 Å². The van der Waals surface area contributed by atoms with Gasteiger partial charge in [-0.3, -0.25) is 9.78 Å². The molecule has 0 fully saturated rings. The number of hydrogen-bond acceptors (Lipinski definition) is 5. The minimum atomic E-state index is -0.355. The van der Waals surface area contributed by atoms with Gasteiger partial charge in [-0.25, -0.2) is 0 Å². The van der Waals surface area contributed by atoms with E-state index in [1.165, 1.54) is 4.52 Å². The van der Waals surface area contributed by atoms with Crippen molar-refractivity contribution in [1.29, 1.82) is 0 Å². The third-order valence-corrected chi connectivity index (χ3v) is 4.37. The molecule has 7 heteroatoms. The first-order valence-corrected chi connectivity index (χ1v) is 8.57. The maximum atomic E-state index is 12.6. The van der Waals surface area contributed by atoms with E-state index in [4.69, 9.17) is 4.74 Å². The Kier molecular flexibility index (Phi) is 4.33. The van der Waals surface area contributed by atoms with Crippen LogP contribution in [-0.2, 0) is 6.42 Å². The zero-order valence-corrected chi connectivity index (χ0v) is 14.7. The number of ether oxygens (including phenoxy) is 1. The number of aromatic nitrogens is 4. The third-order valence-electron chi connectivity index (χ3n) is 4.37. The van der Waals surface area contributed by atoms with Crippen LogP contribution in [0.5, 0.6) is 11.6 Å². The van der Waals surface area contributed by atoms with Crippen molar-refractivity contribution in [2.24, 2.45) is 0 Å². The number of fused-ring (bicyclic) bond motifs is 1. The fourth-order valence-corrected chi connectivity index (χ4v) is 3.09. The summed E-state index contributed by atoms with van der Waals surface area (Å²) in [5.41, 5.74) is 2.66. The number of aryl methyl sites for hydroxylation is 1. The highest BCUT2D eigenvalue weighted by molar-refractivity contribution is 5.79. The van der Waals surface area contributed by atoms with E-state index in [0.717, 1.165) is 11.1 Å². The number of benzene rings is 1. The van der Waals surface area contributed by atoms with Gasteiger partial charge in [0.15, 0.2) is 0 Å². The van der Waals surface area contributed by atoms with Gasteiger partial charge >= 0.3 is 0 Å². The van der Waals surface area contributed by atoms with Crippen LogP contribution in [0, 0.1) is 6.92 Å². The summed E-state index contributed by atoms with van der Waals surface area (Å²) in [5, 5.41) is 15.0. The fraction of sp³-hybridized carbons (Fsp3) is 0.150. The van der Waals surface area contributed by atoms with E-state index in [9.17, 15) is 9.90 Å². The maximum absolute atomic E-state index is 12.6. The lowest BCUT2D eigenvalue weighted by atomic mass is 10.1. The molecule has 2 N–H and O–H groups in total. The van der Waals surface area contributed by atoms with Gasteiger partial charge < -0.3 is 14.8 Å². The molecule has 0 amide bonds. The molecule has 0 atom stereocenters. The summed E-state index contributed by atoms with van der Waals surface area (Å²) < 4.78 is 7.00. The van der Waals surface area contributed by atoms with Crippen molar-refractivity contribution in [3.8, 4) is 22.8 Å². The molecule has 4 aromatic rings. The summed E-state index contributed by atoms with van der Waals surface area (Å²) in [5.74, 6) is 0.540. The van der Waals surface area contributed by atoms with Crippen LogP contribution < -0.4 is 10.3 Å². The van der Waals surface area contributed by atoms with Gasteiger partial charge in [0.25, 0.3) is 5.56 Å². The van der Waals surface area contributed by atoms with E-state index in [0.29, 0.717) is 17.1 Å². The highest BCUT2D eigenvalue weighted by atomic mass is 16.5. The quantitative estimate of drug-likeness (QED) is 0.569. The molecule has 0 aliphatic rings. The summed E-state index contributed by atoms with van der Waals surface area (Å²) in [6.45, 7) is 2.10. The van der Waals surface area contributed by atoms with Crippen molar-refractivity contribution in [3.63, 3.8) is 0 Å². The lowest BCUT2D eigenvalue weighted by Gasteiger charge is -2.08. The number of rotatable bonds is 5. The van der Waals surface area contributed by atoms with E-state index in [-0.39, 0.29) is 30.0 Å². The Morgan fingerprint density at radius 2 is 1.89 bits per heavy atom. The normalized spacial score (nSPS) is 11.0.